The molecule has 9 heteroatoms. The van der Waals surface area contributed by atoms with Gasteiger partial charge >= 0.3 is 6.18 Å². The molecule has 0 atom stereocenters. The zero-order chi connectivity index (χ0) is 16.7. The van der Waals surface area contributed by atoms with E-state index >= 15 is 0 Å². The van der Waals surface area contributed by atoms with Gasteiger partial charge in [0, 0.05) is 19.2 Å². The molecule has 5 nitrogen and oxygen atoms in total. The predicted molar refractivity (Wildman–Crippen MR) is 78.3 cm³/mol. The van der Waals surface area contributed by atoms with Crippen LogP contribution in [-0.4, -0.2) is 24.7 Å². The third-order valence-corrected chi connectivity index (χ3v) is 5.36. The SMILES string of the molecule is O=S(=O)(Cc1cccc(C(F)(F)F)c1)N1CCCn2nccc21. The van der Waals surface area contributed by atoms with E-state index in [0.29, 0.717) is 25.3 Å². The lowest BCUT2D eigenvalue weighted by Crippen LogP contribution is -2.38. The summed E-state index contributed by atoms with van der Waals surface area (Å²) in [5.41, 5.74) is -0.745. The molecule has 1 aliphatic heterocycles. The summed E-state index contributed by atoms with van der Waals surface area (Å²) in [6.07, 6.45) is -2.38. The highest BCUT2D eigenvalue weighted by atomic mass is 32.2. The van der Waals surface area contributed by atoms with Gasteiger partial charge in [0.15, 0.2) is 0 Å². The fraction of sp³-hybridized carbons (Fsp3) is 0.357. The number of aromatic nitrogens is 2. The predicted octanol–water partition coefficient (Wildman–Crippen LogP) is 2.64. The molecular formula is C14H14F3N3O2S. The number of sulfonamides is 1. The molecule has 0 spiro atoms. The van der Waals surface area contributed by atoms with Crippen molar-refractivity contribution < 1.29 is 21.6 Å². The maximum absolute atomic E-state index is 12.7. The number of nitrogens with zero attached hydrogens (tertiary/aromatic N) is 3. The van der Waals surface area contributed by atoms with Gasteiger partial charge in [0.1, 0.15) is 5.82 Å². The van der Waals surface area contributed by atoms with Gasteiger partial charge in [-0.25, -0.2) is 13.1 Å². The van der Waals surface area contributed by atoms with E-state index in [1.54, 1.807) is 10.7 Å². The van der Waals surface area contributed by atoms with E-state index in [9.17, 15) is 21.6 Å². The van der Waals surface area contributed by atoms with Gasteiger partial charge in [-0.15, -0.1) is 0 Å². The fourth-order valence-corrected chi connectivity index (χ4v) is 4.20. The summed E-state index contributed by atoms with van der Waals surface area (Å²) in [7, 11) is -3.78. The second-order valence-corrected chi connectivity index (χ2v) is 7.19. The Morgan fingerprint density at radius 2 is 1.96 bits per heavy atom. The Kier molecular flexibility index (Phi) is 3.83. The van der Waals surface area contributed by atoms with Crippen molar-refractivity contribution in [1.82, 2.24) is 9.78 Å². The number of benzene rings is 1. The Balaban J connectivity index is 1.89. The summed E-state index contributed by atoms with van der Waals surface area (Å²) in [4.78, 5) is 0. The van der Waals surface area contributed by atoms with Crippen LogP contribution in [0.5, 0.6) is 0 Å². The first kappa shape index (κ1) is 15.9. The molecular weight excluding hydrogens is 331 g/mol. The van der Waals surface area contributed by atoms with E-state index in [-0.39, 0.29) is 5.56 Å². The molecule has 0 N–H and O–H groups in total. The van der Waals surface area contributed by atoms with E-state index in [4.69, 9.17) is 0 Å². The highest BCUT2D eigenvalue weighted by Crippen LogP contribution is 2.30. The zero-order valence-corrected chi connectivity index (χ0v) is 12.8. The number of alkyl halides is 3. The van der Waals surface area contributed by atoms with E-state index in [1.165, 1.54) is 22.6 Å². The first-order chi connectivity index (χ1) is 10.8. The van der Waals surface area contributed by atoms with E-state index in [0.717, 1.165) is 12.1 Å². The van der Waals surface area contributed by atoms with Crippen LogP contribution in [0.1, 0.15) is 17.5 Å². The van der Waals surface area contributed by atoms with Crippen LogP contribution in [0.3, 0.4) is 0 Å². The Labute approximate surface area is 131 Å². The molecule has 1 aromatic carbocycles. The van der Waals surface area contributed by atoms with Crippen LogP contribution < -0.4 is 4.31 Å². The maximum Gasteiger partial charge on any atom is 0.416 e. The van der Waals surface area contributed by atoms with E-state index < -0.39 is 27.5 Å². The largest absolute Gasteiger partial charge is 0.416 e. The van der Waals surface area contributed by atoms with Gasteiger partial charge in [0.25, 0.3) is 0 Å². The van der Waals surface area contributed by atoms with Crippen molar-refractivity contribution in [3.05, 3.63) is 47.7 Å². The van der Waals surface area contributed by atoms with Crippen LogP contribution in [-0.2, 0) is 28.5 Å². The van der Waals surface area contributed by atoms with Crippen molar-refractivity contribution >= 4 is 15.8 Å². The van der Waals surface area contributed by atoms with Crippen molar-refractivity contribution in [3.8, 4) is 0 Å². The average Bonchev–Trinajstić information content (AvgIpc) is 2.94. The molecule has 0 bridgehead atoms. The normalized spacial score (nSPS) is 15.5. The lowest BCUT2D eigenvalue weighted by atomic mass is 10.1. The number of halogens is 3. The Morgan fingerprint density at radius 3 is 2.70 bits per heavy atom. The summed E-state index contributed by atoms with van der Waals surface area (Å²) < 4.78 is 66.2. The standard InChI is InChI=1S/C14H14F3N3O2S/c15-14(16,17)12-4-1-3-11(9-12)10-23(21,22)20-8-2-7-19-13(20)5-6-18-19/h1,3-6,9H,2,7-8,10H2. The van der Waals surface area contributed by atoms with Crippen LogP contribution in [0.15, 0.2) is 36.5 Å². The Morgan fingerprint density at radius 1 is 1.17 bits per heavy atom. The second-order valence-electron chi connectivity index (χ2n) is 5.29. The van der Waals surface area contributed by atoms with Crippen LogP contribution in [0.25, 0.3) is 0 Å². The van der Waals surface area contributed by atoms with Gasteiger partial charge in [-0.3, -0.25) is 4.31 Å². The average molecular weight is 345 g/mol. The quantitative estimate of drug-likeness (QED) is 0.859. The molecule has 0 fully saturated rings. The molecule has 0 radical (unpaired) electrons. The van der Waals surface area contributed by atoms with Crippen LogP contribution >= 0.6 is 0 Å². The molecule has 23 heavy (non-hydrogen) atoms. The summed E-state index contributed by atoms with van der Waals surface area (Å²) >= 11 is 0. The smallest absolute Gasteiger partial charge is 0.254 e. The van der Waals surface area contributed by atoms with Gasteiger partial charge in [-0.1, -0.05) is 18.2 Å². The third kappa shape index (κ3) is 3.19. The van der Waals surface area contributed by atoms with Gasteiger partial charge < -0.3 is 0 Å². The van der Waals surface area contributed by atoms with Crippen molar-refractivity contribution in [2.24, 2.45) is 0 Å². The molecule has 0 amide bonds. The van der Waals surface area contributed by atoms with Gasteiger partial charge in [0.2, 0.25) is 10.0 Å². The number of anilines is 1. The minimum atomic E-state index is -4.50. The fourth-order valence-electron chi connectivity index (χ4n) is 2.60. The van der Waals surface area contributed by atoms with Gasteiger partial charge in [-0.05, 0) is 18.1 Å². The lowest BCUT2D eigenvalue weighted by Gasteiger charge is -2.28. The number of aryl methyl sites for hydroxylation is 1. The summed E-state index contributed by atoms with van der Waals surface area (Å²) in [5.74, 6) is -0.0366. The number of rotatable bonds is 3. The summed E-state index contributed by atoms with van der Waals surface area (Å²) in [5, 5.41) is 4.04. The van der Waals surface area contributed by atoms with Crippen LogP contribution in [0, 0.1) is 0 Å². The van der Waals surface area contributed by atoms with E-state index in [1.807, 2.05) is 0 Å². The number of hydrogen-bond donors (Lipinski definition) is 0. The first-order valence-corrected chi connectivity index (χ1v) is 8.57. The molecule has 1 aliphatic rings. The minimum absolute atomic E-state index is 0.108. The molecule has 1 aromatic heterocycles. The summed E-state index contributed by atoms with van der Waals surface area (Å²) in [6.45, 7) is 0.922. The first-order valence-electron chi connectivity index (χ1n) is 6.96. The molecule has 0 saturated carbocycles. The summed E-state index contributed by atoms with van der Waals surface area (Å²) in [6, 6.07) is 5.98. The lowest BCUT2D eigenvalue weighted by molar-refractivity contribution is -0.137. The van der Waals surface area contributed by atoms with Crippen molar-refractivity contribution in [3.63, 3.8) is 0 Å². The maximum atomic E-state index is 12.7. The van der Waals surface area contributed by atoms with Crippen molar-refractivity contribution in [1.29, 1.82) is 0 Å². The van der Waals surface area contributed by atoms with Crippen molar-refractivity contribution in [2.75, 3.05) is 10.8 Å². The topological polar surface area (TPSA) is 55.2 Å². The monoisotopic (exact) mass is 345 g/mol. The third-order valence-electron chi connectivity index (χ3n) is 3.62. The Bertz CT molecular complexity index is 815. The molecule has 124 valence electrons. The van der Waals surface area contributed by atoms with Crippen LogP contribution in [0.4, 0.5) is 19.0 Å². The highest BCUT2D eigenvalue weighted by Gasteiger charge is 2.32. The molecule has 0 aliphatic carbocycles. The highest BCUT2D eigenvalue weighted by molar-refractivity contribution is 7.92. The second kappa shape index (κ2) is 5.55. The van der Waals surface area contributed by atoms with Gasteiger partial charge in [-0.2, -0.15) is 18.3 Å². The van der Waals surface area contributed by atoms with Crippen LogP contribution in [0.2, 0.25) is 0 Å². The zero-order valence-electron chi connectivity index (χ0n) is 12.0. The molecule has 0 saturated heterocycles. The molecule has 0 unspecified atom stereocenters. The molecule has 3 rings (SSSR count). The minimum Gasteiger partial charge on any atom is -0.254 e. The van der Waals surface area contributed by atoms with Gasteiger partial charge in [0.05, 0.1) is 17.5 Å². The number of hydrogen-bond acceptors (Lipinski definition) is 3. The van der Waals surface area contributed by atoms with E-state index in [2.05, 4.69) is 5.10 Å². The van der Waals surface area contributed by atoms with Crippen molar-refractivity contribution in [2.45, 2.75) is 24.9 Å². The molecule has 2 aromatic rings. The number of fused-ring (bicyclic) bond motifs is 1. The molecule has 2 heterocycles. The Hall–Kier alpha value is -2.03.